The number of nitrogens with two attached hydrogens (primary N) is 1. The molecule has 0 radical (unpaired) electrons. The average molecular weight is 382 g/mol. The van der Waals surface area contributed by atoms with E-state index in [1.54, 1.807) is 12.1 Å². The number of hydrogen-bond donors (Lipinski definition) is 1. The van der Waals surface area contributed by atoms with Crippen molar-refractivity contribution in [3.8, 4) is 0 Å². The van der Waals surface area contributed by atoms with Crippen molar-refractivity contribution >= 4 is 11.6 Å². The second-order valence-electron chi connectivity index (χ2n) is 7.69. The number of para-hydroxylation sites is 1. The van der Waals surface area contributed by atoms with Crippen LogP contribution in [-0.4, -0.2) is 67.6 Å². The first-order valence-corrected chi connectivity index (χ1v) is 9.92. The molecule has 148 valence electrons. The Labute approximate surface area is 165 Å². The highest BCUT2D eigenvalue weighted by atomic mass is 19.1. The van der Waals surface area contributed by atoms with Crippen molar-refractivity contribution in [2.45, 2.75) is 12.0 Å². The van der Waals surface area contributed by atoms with Crippen molar-refractivity contribution in [3.63, 3.8) is 0 Å². The third kappa shape index (κ3) is 4.03. The van der Waals surface area contributed by atoms with Gasteiger partial charge in [0.2, 0.25) is 5.91 Å². The zero-order valence-corrected chi connectivity index (χ0v) is 16.0. The van der Waals surface area contributed by atoms with Crippen molar-refractivity contribution in [2.24, 2.45) is 5.73 Å². The van der Waals surface area contributed by atoms with E-state index in [2.05, 4.69) is 17.0 Å². The zero-order chi connectivity index (χ0) is 19.5. The first-order chi connectivity index (χ1) is 13.6. The molecule has 2 aliphatic heterocycles. The van der Waals surface area contributed by atoms with Gasteiger partial charge in [0.25, 0.3) is 0 Å². The third-order valence-electron chi connectivity index (χ3n) is 5.85. The average Bonchev–Trinajstić information content (AvgIpc) is 3.09. The second-order valence-corrected chi connectivity index (χ2v) is 7.69. The Balaban J connectivity index is 1.30. The molecule has 2 saturated heterocycles. The summed E-state index contributed by atoms with van der Waals surface area (Å²) in [6.07, 6.45) is 0. The largest absolute Gasteiger partial charge is 0.366 e. The van der Waals surface area contributed by atoms with Gasteiger partial charge >= 0.3 is 0 Å². The van der Waals surface area contributed by atoms with E-state index in [-0.39, 0.29) is 23.7 Å². The number of likely N-dealkylation sites (tertiary alicyclic amines) is 1. The van der Waals surface area contributed by atoms with Gasteiger partial charge in [0.15, 0.2) is 0 Å². The molecular weight excluding hydrogens is 355 g/mol. The van der Waals surface area contributed by atoms with Crippen LogP contribution in [0.5, 0.6) is 0 Å². The molecule has 2 heterocycles. The Kier molecular flexibility index (Phi) is 5.59. The second kappa shape index (κ2) is 8.29. The number of carbonyl (C=O) groups is 1. The van der Waals surface area contributed by atoms with Gasteiger partial charge < -0.3 is 15.5 Å². The number of halogens is 1. The molecule has 2 fully saturated rings. The predicted octanol–water partition coefficient (Wildman–Crippen LogP) is 1.90. The van der Waals surface area contributed by atoms with E-state index in [0.717, 1.165) is 13.1 Å². The lowest BCUT2D eigenvalue weighted by Crippen LogP contribution is -2.51. The fourth-order valence-electron chi connectivity index (χ4n) is 4.29. The molecular formula is C22H27FN4O. The molecule has 0 aromatic heterocycles. The molecule has 2 aromatic rings. The lowest BCUT2D eigenvalue weighted by molar-refractivity contribution is -0.132. The van der Waals surface area contributed by atoms with Gasteiger partial charge in [0.1, 0.15) is 5.82 Å². The summed E-state index contributed by atoms with van der Waals surface area (Å²) >= 11 is 0. The van der Waals surface area contributed by atoms with Crippen molar-refractivity contribution in [3.05, 3.63) is 66.0 Å². The van der Waals surface area contributed by atoms with Crippen LogP contribution in [0.4, 0.5) is 10.1 Å². The summed E-state index contributed by atoms with van der Waals surface area (Å²) in [5.41, 5.74) is 8.20. The number of nitrogens with zero attached hydrogens (tertiary/aromatic N) is 3. The molecule has 0 unspecified atom stereocenters. The van der Waals surface area contributed by atoms with E-state index in [9.17, 15) is 9.18 Å². The molecule has 0 bridgehead atoms. The van der Waals surface area contributed by atoms with Crippen LogP contribution in [0.1, 0.15) is 11.5 Å². The Morgan fingerprint density at radius 3 is 2.36 bits per heavy atom. The van der Waals surface area contributed by atoms with E-state index in [1.165, 1.54) is 11.6 Å². The first kappa shape index (κ1) is 18.9. The van der Waals surface area contributed by atoms with Crippen LogP contribution in [0.15, 0.2) is 54.6 Å². The third-order valence-corrected chi connectivity index (χ3v) is 5.85. The number of hydrogen-bond acceptors (Lipinski definition) is 4. The van der Waals surface area contributed by atoms with E-state index in [1.807, 2.05) is 34.1 Å². The van der Waals surface area contributed by atoms with Crippen molar-refractivity contribution in [1.82, 2.24) is 9.80 Å². The summed E-state index contributed by atoms with van der Waals surface area (Å²) in [6.45, 7) is 4.49. The maximum Gasteiger partial charge on any atom is 0.236 e. The van der Waals surface area contributed by atoms with E-state index in [4.69, 9.17) is 5.73 Å². The fourth-order valence-corrected chi connectivity index (χ4v) is 4.29. The van der Waals surface area contributed by atoms with Crippen LogP contribution in [0, 0.1) is 5.82 Å². The minimum atomic E-state index is -0.208. The maximum absolute atomic E-state index is 14.0. The van der Waals surface area contributed by atoms with Gasteiger partial charge in [-0.1, -0.05) is 42.5 Å². The first-order valence-electron chi connectivity index (χ1n) is 9.92. The van der Waals surface area contributed by atoms with Gasteiger partial charge in [-0.2, -0.15) is 0 Å². The molecule has 2 aromatic carbocycles. The van der Waals surface area contributed by atoms with Gasteiger partial charge in [-0.25, -0.2) is 4.39 Å². The number of anilines is 1. The number of carbonyl (C=O) groups excluding carboxylic acids is 1. The van der Waals surface area contributed by atoms with Crippen LogP contribution < -0.4 is 10.6 Å². The van der Waals surface area contributed by atoms with Crippen molar-refractivity contribution in [2.75, 3.05) is 50.7 Å². The minimum absolute atomic E-state index is 0.0492. The Morgan fingerprint density at radius 1 is 0.964 bits per heavy atom. The lowest BCUT2D eigenvalue weighted by Gasteiger charge is -2.36. The van der Waals surface area contributed by atoms with Gasteiger partial charge in [0.05, 0.1) is 12.2 Å². The van der Waals surface area contributed by atoms with Gasteiger partial charge in [-0.05, 0) is 17.7 Å². The van der Waals surface area contributed by atoms with Crippen LogP contribution in [0.25, 0.3) is 0 Å². The van der Waals surface area contributed by atoms with E-state index < -0.39 is 0 Å². The summed E-state index contributed by atoms with van der Waals surface area (Å²) in [7, 11) is 0. The van der Waals surface area contributed by atoms with Gasteiger partial charge in [-0.3, -0.25) is 9.69 Å². The highest BCUT2D eigenvalue weighted by Crippen LogP contribution is 2.26. The van der Waals surface area contributed by atoms with Crippen molar-refractivity contribution in [1.29, 1.82) is 0 Å². The topological polar surface area (TPSA) is 52.8 Å². The quantitative estimate of drug-likeness (QED) is 0.878. The Bertz CT molecular complexity index is 807. The summed E-state index contributed by atoms with van der Waals surface area (Å²) in [5, 5.41) is 0. The van der Waals surface area contributed by atoms with Crippen LogP contribution >= 0.6 is 0 Å². The molecule has 5 nitrogen and oxygen atoms in total. The summed E-state index contributed by atoms with van der Waals surface area (Å²) in [4.78, 5) is 18.8. The Hall–Kier alpha value is -2.44. The van der Waals surface area contributed by atoms with Gasteiger partial charge in [0, 0.05) is 51.2 Å². The molecule has 6 heteroatoms. The minimum Gasteiger partial charge on any atom is -0.366 e. The van der Waals surface area contributed by atoms with E-state index >= 15 is 0 Å². The maximum atomic E-state index is 14.0. The summed E-state index contributed by atoms with van der Waals surface area (Å²) in [5.74, 6) is 0.196. The van der Waals surface area contributed by atoms with E-state index in [0.29, 0.717) is 38.4 Å². The molecule has 1 amide bonds. The molecule has 0 aliphatic carbocycles. The normalized spacial score (nSPS) is 23.2. The predicted molar refractivity (Wildman–Crippen MR) is 109 cm³/mol. The number of benzene rings is 2. The van der Waals surface area contributed by atoms with Crippen LogP contribution in [-0.2, 0) is 4.79 Å². The molecule has 2 atom stereocenters. The standard InChI is InChI=1S/C22H27FN4O/c23-19-8-4-5-9-21(19)26-10-12-27(13-11-26)22(28)16-25-14-18(20(24)15-25)17-6-2-1-3-7-17/h1-9,18,20H,10-16,24H2/t18-,20+/m0/s1. The highest BCUT2D eigenvalue weighted by molar-refractivity contribution is 5.78. The number of piperazine rings is 1. The van der Waals surface area contributed by atoms with Crippen molar-refractivity contribution < 1.29 is 9.18 Å². The fraction of sp³-hybridized carbons (Fsp3) is 0.409. The zero-order valence-electron chi connectivity index (χ0n) is 16.0. The number of amides is 1. The molecule has 0 saturated carbocycles. The highest BCUT2D eigenvalue weighted by Gasteiger charge is 2.33. The molecule has 2 N–H and O–H groups in total. The molecule has 28 heavy (non-hydrogen) atoms. The summed E-state index contributed by atoms with van der Waals surface area (Å²) < 4.78 is 14.0. The smallest absolute Gasteiger partial charge is 0.236 e. The SMILES string of the molecule is N[C@@H]1CN(CC(=O)N2CCN(c3ccccc3F)CC2)C[C@H]1c1ccccc1. The van der Waals surface area contributed by atoms with Crippen LogP contribution in [0.3, 0.4) is 0 Å². The monoisotopic (exact) mass is 382 g/mol. The molecule has 0 spiro atoms. The number of rotatable bonds is 4. The molecule has 2 aliphatic rings. The lowest BCUT2D eigenvalue weighted by atomic mass is 9.95. The summed E-state index contributed by atoms with van der Waals surface area (Å²) in [6, 6.07) is 17.2. The van der Waals surface area contributed by atoms with Gasteiger partial charge in [-0.15, -0.1) is 0 Å². The molecule has 4 rings (SSSR count). The van der Waals surface area contributed by atoms with Crippen LogP contribution in [0.2, 0.25) is 0 Å². The Morgan fingerprint density at radius 2 is 1.64 bits per heavy atom.